The molecule has 1 aliphatic heterocycles. The van der Waals surface area contributed by atoms with E-state index in [1.807, 2.05) is 19.9 Å². The minimum absolute atomic E-state index is 0.143. The van der Waals surface area contributed by atoms with Crippen LogP contribution in [0.1, 0.15) is 28.6 Å². The molecule has 0 amide bonds. The lowest BCUT2D eigenvalue weighted by atomic mass is 10.0. The van der Waals surface area contributed by atoms with E-state index < -0.39 is 0 Å². The highest BCUT2D eigenvalue weighted by Crippen LogP contribution is 2.37. The molecule has 0 spiro atoms. The Bertz CT molecular complexity index is 767. The summed E-state index contributed by atoms with van der Waals surface area (Å²) in [5, 5.41) is 0. The van der Waals surface area contributed by atoms with Crippen molar-refractivity contribution in [1.29, 1.82) is 0 Å². The summed E-state index contributed by atoms with van der Waals surface area (Å²) >= 11 is 0. The van der Waals surface area contributed by atoms with Gasteiger partial charge in [0.2, 0.25) is 5.78 Å². The van der Waals surface area contributed by atoms with Crippen molar-refractivity contribution in [3.8, 4) is 11.5 Å². The Kier molecular flexibility index (Phi) is 3.59. The van der Waals surface area contributed by atoms with Crippen molar-refractivity contribution in [2.24, 2.45) is 0 Å². The zero-order chi connectivity index (χ0) is 15.7. The third-order valence-electron chi connectivity index (χ3n) is 3.25. The lowest BCUT2D eigenvalue weighted by Gasteiger charge is -2.08. The lowest BCUT2D eigenvalue weighted by molar-refractivity contribution is 0.101. The fourth-order valence-corrected chi connectivity index (χ4v) is 2.27. The maximum absolute atomic E-state index is 12.4. The number of ether oxygens (including phenoxy) is 2. The number of rotatable bonds is 4. The molecule has 0 unspecified atom stereocenters. The summed E-state index contributed by atoms with van der Waals surface area (Å²) in [5.41, 5.74) is 2.32. The molecule has 0 radical (unpaired) electrons. The molecular weight excluding hydrogens is 280 g/mol. The van der Waals surface area contributed by atoms with Crippen LogP contribution in [0.15, 0.2) is 52.9 Å². The molecule has 0 saturated carbocycles. The van der Waals surface area contributed by atoms with Crippen molar-refractivity contribution in [2.75, 3.05) is 6.61 Å². The van der Waals surface area contributed by atoms with Crippen LogP contribution < -0.4 is 9.47 Å². The lowest BCUT2D eigenvalue weighted by Crippen LogP contribution is -2.00. The van der Waals surface area contributed by atoms with Crippen molar-refractivity contribution in [3.05, 3.63) is 65.3 Å². The first kappa shape index (κ1) is 14.2. The summed E-state index contributed by atoms with van der Waals surface area (Å²) < 4.78 is 16.5. The number of Topliss-reactive ketones (excluding diaryl/α,β-unsaturated/α-hetero) is 1. The fourth-order valence-electron chi connectivity index (χ4n) is 2.27. The monoisotopic (exact) mass is 296 g/mol. The van der Waals surface area contributed by atoms with Crippen molar-refractivity contribution in [3.63, 3.8) is 0 Å². The van der Waals surface area contributed by atoms with Crippen LogP contribution in [0.2, 0.25) is 0 Å². The molecule has 0 saturated heterocycles. The van der Waals surface area contributed by atoms with Gasteiger partial charge in [0.1, 0.15) is 23.9 Å². The molecule has 1 aromatic carbocycles. The summed E-state index contributed by atoms with van der Waals surface area (Å²) in [7, 11) is 0. The topological polar surface area (TPSA) is 48.7 Å². The number of hydrogen-bond donors (Lipinski definition) is 0. The molecule has 3 rings (SSSR count). The van der Waals surface area contributed by atoms with Gasteiger partial charge in [0.05, 0.1) is 11.8 Å². The van der Waals surface area contributed by atoms with Crippen molar-refractivity contribution < 1.29 is 18.7 Å². The van der Waals surface area contributed by atoms with Crippen molar-refractivity contribution in [2.45, 2.75) is 13.8 Å². The molecule has 2 heterocycles. The Morgan fingerprint density at radius 3 is 2.91 bits per heavy atom. The maximum atomic E-state index is 12.4. The first-order valence-electron chi connectivity index (χ1n) is 6.94. The molecule has 4 heteroatoms. The second-order valence-corrected chi connectivity index (χ2v) is 5.31. The standard InChI is InChI=1S/C18H16O4/c1-11(2)10-21-14-7-12(3)17-15(9-14)22-16(18(17)19)8-13-5-4-6-20-13/h4-9H,1,10H2,2-3H3/b16-8-. The zero-order valence-electron chi connectivity index (χ0n) is 12.5. The number of ketones is 1. The van der Waals surface area contributed by atoms with Gasteiger partial charge in [0.25, 0.3) is 0 Å². The Morgan fingerprint density at radius 1 is 1.41 bits per heavy atom. The van der Waals surface area contributed by atoms with E-state index in [0.717, 1.165) is 11.1 Å². The molecule has 0 fully saturated rings. The van der Waals surface area contributed by atoms with Crippen LogP contribution in [0.25, 0.3) is 6.08 Å². The average Bonchev–Trinajstić information content (AvgIpc) is 3.06. The van der Waals surface area contributed by atoms with Gasteiger partial charge in [-0.05, 0) is 43.2 Å². The van der Waals surface area contributed by atoms with Gasteiger partial charge in [-0.25, -0.2) is 0 Å². The van der Waals surface area contributed by atoms with Gasteiger partial charge < -0.3 is 13.9 Å². The van der Waals surface area contributed by atoms with Gasteiger partial charge >= 0.3 is 0 Å². The van der Waals surface area contributed by atoms with Crippen LogP contribution >= 0.6 is 0 Å². The van der Waals surface area contributed by atoms with Gasteiger partial charge in [-0.15, -0.1) is 0 Å². The quantitative estimate of drug-likeness (QED) is 0.628. The summed E-state index contributed by atoms with van der Waals surface area (Å²) in [5.74, 6) is 1.86. The van der Waals surface area contributed by atoms with Crippen LogP contribution in [0.5, 0.6) is 11.5 Å². The van der Waals surface area contributed by atoms with Crippen molar-refractivity contribution in [1.82, 2.24) is 0 Å². The highest BCUT2D eigenvalue weighted by atomic mass is 16.5. The van der Waals surface area contributed by atoms with Crippen molar-refractivity contribution >= 4 is 11.9 Å². The summed E-state index contributed by atoms with van der Waals surface area (Å²) in [4.78, 5) is 12.4. The number of allylic oxidation sites excluding steroid dienone is 1. The summed E-state index contributed by atoms with van der Waals surface area (Å²) in [6.07, 6.45) is 3.14. The van der Waals surface area contributed by atoms with E-state index in [0.29, 0.717) is 29.4 Å². The first-order chi connectivity index (χ1) is 10.5. The van der Waals surface area contributed by atoms with Gasteiger partial charge in [-0.1, -0.05) is 6.58 Å². The van der Waals surface area contributed by atoms with E-state index in [-0.39, 0.29) is 11.5 Å². The Hall–Kier alpha value is -2.75. The predicted molar refractivity (Wildman–Crippen MR) is 83.1 cm³/mol. The number of aryl methyl sites for hydroxylation is 1. The summed E-state index contributed by atoms with van der Waals surface area (Å²) in [6.45, 7) is 7.99. The van der Waals surface area contributed by atoms with Crippen LogP contribution in [0.4, 0.5) is 0 Å². The smallest absolute Gasteiger partial charge is 0.232 e. The molecule has 0 aliphatic carbocycles. The Balaban J connectivity index is 1.91. The number of carbonyl (C=O) groups excluding carboxylic acids is 1. The van der Waals surface area contributed by atoms with Crippen LogP contribution in [-0.2, 0) is 0 Å². The van der Waals surface area contributed by atoms with Gasteiger partial charge in [0, 0.05) is 12.1 Å². The fraction of sp³-hybridized carbons (Fsp3) is 0.167. The van der Waals surface area contributed by atoms with Gasteiger partial charge in [-0.3, -0.25) is 4.79 Å². The number of hydrogen-bond acceptors (Lipinski definition) is 4. The van der Waals surface area contributed by atoms with E-state index >= 15 is 0 Å². The van der Waals surface area contributed by atoms with E-state index in [1.165, 1.54) is 0 Å². The number of benzene rings is 1. The molecule has 112 valence electrons. The van der Waals surface area contributed by atoms with E-state index in [2.05, 4.69) is 6.58 Å². The number of fused-ring (bicyclic) bond motifs is 1. The van der Waals surface area contributed by atoms with Crippen LogP contribution in [-0.4, -0.2) is 12.4 Å². The SMILES string of the molecule is C=C(C)COc1cc(C)c2c(c1)O/C(=C\c1ccco1)C2=O. The van der Waals surface area contributed by atoms with Gasteiger partial charge in [0.15, 0.2) is 5.76 Å². The number of furan rings is 1. The second-order valence-electron chi connectivity index (χ2n) is 5.31. The molecule has 0 atom stereocenters. The largest absolute Gasteiger partial charge is 0.489 e. The molecule has 4 nitrogen and oxygen atoms in total. The molecule has 2 aromatic rings. The third-order valence-corrected chi connectivity index (χ3v) is 3.25. The highest BCUT2D eigenvalue weighted by Gasteiger charge is 2.30. The molecule has 1 aliphatic rings. The minimum atomic E-state index is -0.143. The van der Waals surface area contributed by atoms with Crippen LogP contribution in [0, 0.1) is 6.92 Å². The normalized spacial score (nSPS) is 14.8. The van der Waals surface area contributed by atoms with Gasteiger partial charge in [-0.2, -0.15) is 0 Å². The first-order valence-corrected chi connectivity index (χ1v) is 6.94. The Labute approximate surface area is 128 Å². The van der Waals surface area contributed by atoms with E-state index in [9.17, 15) is 4.79 Å². The molecule has 0 N–H and O–H groups in total. The van der Waals surface area contributed by atoms with E-state index in [1.54, 1.807) is 30.5 Å². The molecule has 1 aromatic heterocycles. The third kappa shape index (κ3) is 2.68. The Morgan fingerprint density at radius 2 is 2.23 bits per heavy atom. The van der Waals surface area contributed by atoms with Crippen LogP contribution in [0.3, 0.4) is 0 Å². The van der Waals surface area contributed by atoms with E-state index in [4.69, 9.17) is 13.9 Å². The minimum Gasteiger partial charge on any atom is -0.489 e. The second kappa shape index (κ2) is 5.56. The zero-order valence-corrected chi connectivity index (χ0v) is 12.5. The highest BCUT2D eigenvalue weighted by molar-refractivity contribution is 6.15. The number of carbonyl (C=O) groups is 1. The summed E-state index contributed by atoms with van der Waals surface area (Å²) in [6, 6.07) is 7.08. The molecule has 0 bridgehead atoms. The predicted octanol–water partition coefficient (Wildman–Crippen LogP) is 4.16. The maximum Gasteiger partial charge on any atom is 0.232 e. The average molecular weight is 296 g/mol. The molecular formula is C18H16O4. The molecule has 22 heavy (non-hydrogen) atoms.